The predicted octanol–water partition coefficient (Wildman–Crippen LogP) is 6.18. The van der Waals surface area contributed by atoms with E-state index in [4.69, 9.17) is 4.74 Å². The maximum absolute atomic E-state index is 10.8. The van der Waals surface area contributed by atoms with E-state index in [0.29, 0.717) is 5.75 Å². The lowest BCUT2D eigenvalue weighted by Crippen LogP contribution is -2.11. The van der Waals surface area contributed by atoms with E-state index in [9.17, 15) is 5.11 Å². The average molecular weight is 351 g/mol. The molecule has 0 saturated carbocycles. The number of aromatic hydroxyl groups is 1. The second-order valence-electron chi connectivity index (χ2n) is 7.69. The Hall–Kier alpha value is -2.22. The van der Waals surface area contributed by atoms with Crippen LogP contribution in [0.1, 0.15) is 62.6 Å². The maximum atomic E-state index is 10.8. The highest BCUT2D eigenvalue weighted by Gasteiger charge is 2.22. The molecule has 3 rings (SSSR count). The van der Waals surface area contributed by atoms with E-state index in [-0.39, 0.29) is 12.0 Å². The molecule has 0 aliphatic heterocycles. The molecular weight excluding hydrogens is 320 g/mol. The summed E-state index contributed by atoms with van der Waals surface area (Å²) in [5.41, 5.74) is 4.81. The minimum atomic E-state index is 0.0891. The van der Waals surface area contributed by atoms with Crippen molar-refractivity contribution in [1.82, 2.24) is 0 Å². The zero-order valence-corrected chi connectivity index (χ0v) is 16.2. The number of allylic oxidation sites excluding steroid dienone is 2. The van der Waals surface area contributed by atoms with Gasteiger partial charge in [0.25, 0.3) is 0 Å². The van der Waals surface area contributed by atoms with Gasteiger partial charge >= 0.3 is 0 Å². The van der Waals surface area contributed by atoms with Crippen LogP contribution in [-0.4, -0.2) is 11.2 Å². The molecule has 138 valence electrons. The molecule has 0 spiro atoms. The summed E-state index contributed by atoms with van der Waals surface area (Å²) in [6.07, 6.45) is 7.65. The Morgan fingerprint density at radius 1 is 1.08 bits per heavy atom. The molecule has 0 heterocycles. The summed E-state index contributed by atoms with van der Waals surface area (Å²) in [5.74, 6) is 1.47. The molecule has 2 heteroatoms. The standard InChI is InChI=1S/C24H30O2/c1-17(2)26-23-16-20(13-12-19-9-5-4-6-10-19)15-22(25)24(23)21-11-7-8-18(3)14-21/h4-6,9-10,14-17,21,25H,7-8,11-13H2,1-3H3. The number of hydrogen-bond acceptors (Lipinski definition) is 2. The first kappa shape index (κ1) is 18.6. The molecule has 2 aromatic carbocycles. The number of aryl methyl sites for hydroxylation is 2. The van der Waals surface area contributed by atoms with Gasteiger partial charge in [0.15, 0.2) is 0 Å². The Morgan fingerprint density at radius 3 is 2.50 bits per heavy atom. The number of phenols is 1. The predicted molar refractivity (Wildman–Crippen MR) is 108 cm³/mol. The zero-order chi connectivity index (χ0) is 18.5. The Labute approximate surface area is 157 Å². The van der Waals surface area contributed by atoms with Crippen molar-refractivity contribution in [3.05, 3.63) is 70.8 Å². The topological polar surface area (TPSA) is 29.5 Å². The van der Waals surface area contributed by atoms with Crippen LogP contribution in [0.4, 0.5) is 0 Å². The summed E-state index contributed by atoms with van der Waals surface area (Å²) in [6.45, 7) is 6.26. The third kappa shape index (κ3) is 4.69. The van der Waals surface area contributed by atoms with Gasteiger partial charge in [0, 0.05) is 11.5 Å². The summed E-state index contributed by atoms with van der Waals surface area (Å²) in [6, 6.07) is 14.5. The van der Waals surface area contributed by atoms with Gasteiger partial charge in [-0.3, -0.25) is 0 Å². The van der Waals surface area contributed by atoms with Gasteiger partial charge in [-0.05, 0) is 76.1 Å². The second-order valence-corrected chi connectivity index (χ2v) is 7.69. The smallest absolute Gasteiger partial charge is 0.127 e. The lowest BCUT2D eigenvalue weighted by atomic mass is 9.84. The minimum Gasteiger partial charge on any atom is -0.507 e. The van der Waals surface area contributed by atoms with Crippen molar-refractivity contribution in [2.24, 2.45) is 0 Å². The highest BCUT2D eigenvalue weighted by Crippen LogP contribution is 2.42. The fraction of sp³-hybridized carbons (Fsp3) is 0.417. The largest absolute Gasteiger partial charge is 0.507 e. The Balaban J connectivity index is 1.88. The van der Waals surface area contributed by atoms with E-state index in [2.05, 4.69) is 43.3 Å². The number of ether oxygens (including phenoxy) is 1. The SMILES string of the molecule is CC1=CC(c2c(O)cc(CCc3ccccc3)cc2OC(C)C)CCC1. The van der Waals surface area contributed by atoms with Crippen molar-refractivity contribution in [1.29, 1.82) is 0 Å². The monoisotopic (exact) mass is 350 g/mol. The molecule has 1 atom stereocenters. The molecule has 0 amide bonds. The van der Waals surface area contributed by atoms with Gasteiger partial charge in [-0.2, -0.15) is 0 Å². The molecule has 2 aromatic rings. The highest BCUT2D eigenvalue weighted by atomic mass is 16.5. The molecule has 2 nitrogen and oxygen atoms in total. The fourth-order valence-electron chi connectivity index (χ4n) is 3.81. The van der Waals surface area contributed by atoms with Crippen LogP contribution in [0.5, 0.6) is 11.5 Å². The van der Waals surface area contributed by atoms with Crippen molar-refractivity contribution >= 4 is 0 Å². The number of rotatable bonds is 6. The summed E-state index contributed by atoms with van der Waals surface area (Å²) >= 11 is 0. The van der Waals surface area contributed by atoms with Crippen LogP contribution in [0.2, 0.25) is 0 Å². The molecule has 0 saturated heterocycles. The second kappa shape index (κ2) is 8.44. The van der Waals surface area contributed by atoms with Gasteiger partial charge in [-0.15, -0.1) is 0 Å². The van der Waals surface area contributed by atoms with Crippen molar-refractivity contribution in [2.75, 3.05) is 0 Å². The van der Waals surface area contributed by atoms with Crippen LogP contribution in [0, 0.1) is 0 Å². The molecule has 1 unspecified atom stereocenters. The number of hydrogen-bond donors (Lipinski definition) is 1. The van der Waals surface area contributed by atoms with Crippen LogP contribution in [0.3, 0.4) is 0 Å². The average Bonchev–Trinajstić information content (AvgIpc) is 2.60. The molecule has 0 bridgehead atoms. The van der Waals surface area contributed by atoms with Crippen LogP contribution >= 0.6 is 0 Å². The molecule has 1 aliphatic rings. The van der Waals surface area contributed by atoms with E-state index in [1.54, 1.807) is 0 Å². The van der Waals surface area contributed by atoms with Crippen LogP contribution in [0.25, 0.3) is 0 Å². The Kier molecular flexibility index (Phi) is 6.03. The quantitative estimate of drug-likeness (QED) is 0.630. The Morgan fingerprint density at radius 2 is 1.81 bits per heavy atom. The lowest BCUT2D eigenvalue weighted by molar-refractivity contribution is 0.237. The molecular formula is C24H30O2. The third-order valence-corrected chi connectivity index (χ3v) is 5.03. The fourth-order valence-corrected chi connectivity index (χ4v) is 3.81. The molecule has 0 radical (unpaired) electrons. The Bertz CT molecular complexity index is 759. The first-order valence-corrected chi connectivity index (χ1v) is 9.76. The van der Waals surface area contributed by atoms with Crippen molar-refractivity contribution < 1.29 is 9.84 Å². The third-order valence-electron chi connectivity index (χ3n) is 5.03. The zero-order valence-electron chi connectivity index (χ0n) is 16.2. The maximum Gasteiger partial charge on any atom is 0.127 e. The van der Waals surface area contributed by atoms with Gasteiger partial charge in [0.05, 0.1) is 6.10 Å². The summed E-state index contributed by atoms with van der Waals surface area (Å²) < 4.78 is 6.12. The molecule has 0 fully saturated rings. The molecule has 0 aromatic heterocycles. The van der Waals surface area contributed by atoms with E-state index in [1.165, 1.54) is 17.6 Å². The number of benzene rings is 2. The first-order chi connectivity index (χ1) is 12.5. The highest BCUT2D eigenvalue weighted by molar-refractivity contribution is 5.51. The molecule has 1 aliphatic carbocycles. The van der Waals surface area contributed by atoms with Gasteiger partial charge in [0.2, 0.25) is 0 Å². The minimum absolute atomic E-state index is 0.0891. The van der Waals surface area contributed by atoms with Gasteiger partial charge in [-0.1, -0.05) is 42.0 Å². The summed E-state index contributed by atoms with van der Waals surface area (Å²) in [4.78, 5) is 0. The molecule has 26 heavy (non-hydrogen) atoms. The van der Waals surface area contributed by atoms with E-state index >= 15 is 0 Å². The molecule has 1 N–H and O–H groups in total. The van der Waals surface area contributed by atoms with E-state index < -0.39 is 0 Å². The first-order valence-electron chi connectivity index (χ1n) is 9.76. The van der Waals surface area contributed by atoms with Crippen LogP contribution in [-0.2, 0) is 12.8 Å². The van der Waals surface area contributed by atoms with Crippen molar-refractivity contribution in [3.63, 3.8) is 0 Å². The lowest BCUT2D eigenvalue weighted by Gasteiger charge is -2.25. The van der Waals surface area contributed by atoms with Crippen LogP contribution in [0.15, 0.2) is 54.1 Å². The van der Waals surface area contributed by atoms with Gasteiger partial charge in [0.1, 0.15) is 11.5 Å². The van der Waals surface area contributed by atoms with Gasteiger partial charge in [-0.25, -0.2) is 0 Å². The summed E-state index contributed by atoms with van der Waals surface area (Å²) in [7, 11) is 0. The summed E-state index contributed by atoms with van der Waals surface area (Å²) in [5, 5.41) is 10.8. The number of phenolic OH excluding ortho intramolecular Hbond substituents is 1. The normalized spacial score (nSPS) is 17.2. The van der Waals surface area contributed by atoms with Crippen molar-refractivity contribution in [3.8, 4) is 11.5 Å². The van der Waals surface area contributed by atoms with Crippen LogP contribution < -0.4 is 4.74 Å². The van der Waals surface area contributed by atoms with Gasteiger partial charge < -0.3 is 9.84 Å². The van der Waals surface area contributed by atoms with E-state index in [1.807, 2.05) is 26.0 Å². The van der Waals surface area contributed by atoms with E-state index in [0.717, 1.165) is 42.6 Å². The van der Waals surface area contributed by atoms with Crippen molar-refractivity contribution in [2.45, 2.75) is 64.9 Å².